The number of nitrogens with two attached hydrogens (primary N) is 1. The molecule has 0 aliphatic heterocycles. The van der Waals surface area contributed by atoms with Gasteiger partial charge in [-0.1, -0.05) is 0 Å². The van der Waals surface area contributed by atoms with Crippen LogP contribution in [-0.2, 0) is 0 Å². The first-order chi connectivity index (χ1) is 6.43. The van der Waals surface area contributed by atoms with Crippen molar-refractivity contribution >= 4 is 5.91 Å². The molecule has 0 radical (unpaired) electrons. The van der Waals surface area contributed by atoms with E-state index in [1.165, 1.54) is 0 Å². The van der Waals surface area contributed by atoms with Gasteiger partial charge in [0.1, 0.15) is 0 Å². The zero-order valence-corrected chi connectivity index (χ0v) is 6.73. The van der Waals surface area contributed by atoms with Crippen LogP contribution in [0.5, 0.6) is 0 Å². The molecule has 0 fully saturated rings. The number of halogens is 4. The highest BCUT2D eigenvalue weighted by Crippen LogP contribution is 2.23. The summed E-state index contributed by atoms with van der Waals surface area (Å²) in [5.41, 5.74) is 3.01. The standard InChI is InChI=1S/C8H5F4NO/c9-5-2-3(7(11)12)1-4(6(5)10)8(13)14/h1-2,7H,(H2,13,14). The van der Waals surface area contributed by atoms with Crippen LogP contribution in [0.15, 0.2) is 12.1 Å². The molecular weight excluding hydrogens is 202 g/mol. The number of primary amides is 1. The van der Waals surface area contributed by atoms with Gasteiger partial charge < -0.3 is 5.73 Å². The van der Waals surface area contributed by atoms with E-state index < -0.39 is 35.1 Å². The molecule has 2 N–H and O–H groups in total. The molecule has 14 heavy (non-hydrogen) atoms. The summed E-state index contributed by atoms with van der Waals surface area (Å²) < 4.78 is 49.6. The fourth-order valence-corrected chi connectivity index (χ4v) is 0.915. The van der Waals surface area contributed by atoms with E-state index in [4.69, 9.17) is 0 Å². The van der Waals surface area contributed by atoms with E-state index in [-0.39, 0.29) is 0 Å². The van der Waals surface area contributed by atoms with Crippen LogP contribution in [0.2, 0.25) is 0 Å². The van der Waals surface area contributed by atoms with Crippen LogP contribution in [0.25, 0.3) is 0 Å². The van der Waals surface area contributed by atoms with E-state index in [2.05, 4.69) is 5.73 Å². The van der Waals surface area contributed by atoms with Gasteiger partial charge in [0.05, 0.1) is 5.56 Å². The molecule has 0 heterocycles. The first-order valence-electron chi connectivity index (χ1n) is 3.50. The molecule has 0 atom stereocenters. The number of rotatable bonds is 2. The fourth-order valence-electron chi connectivity index (χ4n) is 0.915. The molecule has 1 aromatic carbocycles. The van der Waals surface area contributed by atoms with E-state index in [0.717, 1.165) is 0 Å². The Hall–Kier alpha value is -1.59. The molecule has 2 nitrogen and oxygen atoms in total. The molecule has 6 heteroatoms. The van der Waals surface area contributed by atoms with Crippen molar-refractivity contribution in [3.05, 3.63) is 34.9 Å². The van der Waals surface area contributed by atoms with Gasteiger partial charge in [0.25, 0.3) is 12.3 Å². The van der Waals surface area contributed by atoms with Crippen molar-refractivity contribution in [2.75, 3.05) is 0 Å². The molecule has 0 saturated carbocycles. The van der Waals surface area contributed by atoms with Gasteiger partial charge in [-0.2, -0.15) is 0 Å². The molecule has 0 aliphatic rings. The maximum absolute atomic E-state index is 12.8. The maximum Gasteiger partial charge on any atom is 0.263 e. The number of carbonyl (C=O) groups is 1. The Labute approximate surface area is 76.3 Å². The van der Waals surface area contributed by atoms with Gasteiger partial charge >= 0.3 is 0 Å². The quantitative estimate of drug-likeness (QED) is 0.740. The Morgan fingerprint density at radius 3 is 2.29 bits per heavy atom. The van der Waals surface area contributed by atoms with E-state index in [1.54, 1.807) is 0 Å². The van der Waals surface area contributed by atoms with E-state index in [0.29, 0.717) is 12.1 Å². The van der Waals surface area contributed by atoms with Gasteiger partial charge in [0.2, 0.25) is 0 Å². The van der Waals surface area contributed by atoms with Gasteiger partial charge in [0.15, 0.2) is 11.6 Å². The van der Waals surface area contributed by atoms with Crippen molar-refractivity contribution in [2.24, 2.45) is 5.73 Å². The Morgan fingerprint density at radius 1 is 1.29 bits per heavy atom. The normalized spacial score (nSPS) is 10.6. The lowest BCUT2D eigenvalue weighted by Gasteiger charge is -2.04. The largest absolute Gasteiger partial charge is 0.366 e. The number of amides is 1. The number of hydrogen-bond donors (Lipinski definition) is 1. The highest BCUT2D eigenvalue weighted by Gasteiger charge is 2.18. The molecule has 76 valence electrons. The van der Waals surface area contributed by atoms with Crippen molar-refractivity contribution in [3.63, 3.8) is 0 Å². The monoisotopic (exact) mass is 207 g/mol. The maximum atomic E-state index is 12.8. The van der Waals surface area contributed by atoms with Crippen molar-refractivity contribution in [1.29, 1.82) is 0 Å². The minimum atomic E-state index is -2.98. The molecule has 1 rings (SSSR count). The molecule has 0 bridgehead atoms. The predicted molar refractivity (Wildman–Crippen MR) is 39.8 cm³/mol. The van der Waals surface area contributed by atoms with E-state index >= 15 is 0 Å². The second-order valence-electron chi connectivity index (χ2n) is 2.53. The average Bonchev–Trinajstić information content (AvgIpc) is 2.08. The van der Waals surface area contributed by atoms with Crippen LogP contribution in [0, 0.1) is 11.6 Å². The lowest BCUT2D eigenvalue weighted by atomic mass is 10.1. The molecule has 0 unspecified atom stereocenters. The van der Waals surface area contributed by atoms with Gasteiger partial charge in [-0.15, -0.1) is 0 Å². The Kier molecular flexibility index (Phi) is 2.73. The highest BCUT2D eigenvalue weighted by molar-refractivity contribution is 5.93. The fraction of sp³-hybridized carbons (Fsp3) is 0.125. The average molecular weight is 207 g/mol. The summed E-state index contributed by atoms with van der Waals surface area (Å²) in [5, 5.41) is 0. The zero-order valence-electron chi connectivity index (χ0n) is 6.73. The van der Waals surface area contributed by atoms with Gasteiger partial charge in [0, 0.05) is 5.56 Å². The summed E-state index contributed by atoms with van der Waals surface area (Å²) in [7, 11) is 0. The predicted octanol–water partition coefficient (Wildman–Crippen LogP) is 2.00. The van der Waals surface area contributed by atoms with Gasteiger partial charge in [-0.3, -0.25) is 4.79 Å². The third-order valence-corrected chi connectivity index (χ3v) is 1.57. The van der Waals surface area contributed by atoms with Crippen LogP contribution in [-0.4, -0.2) is 5.91 Å². The smallest absolute Gasteiger partial charge is 0.263 e. The van der Waals surface area contributed by atoms with Crippen LogP contribution in [0.1, 0.15) is 22.3 Å². The van der Waals surface area contributed by atoms with Crippen LogP contribution >= 0.6 is 0 Å². The van der Waals surface area contributed by atoms with Crippen LogP contribution in [0.3, 0.4) is 0 Å². The number of benzene rings is 1. The first kappa shape index (κ1) is 10.5. The summed E-state index contributed by atoms with van der Waals surface area (Å²) in [6, 6.07) is 0.859. The molecule has 0 aliphatic carbocycles. The Balaban J connectivity index is 3.35. The third kappa shape index (κ3) is 1.84. The summed E-state index contributed by atoms with van der Waals surface area (Å²) in [4.78, 5) is 10.5. The lowest BCUT2D eigenvalue weighted by Crippen LogP contribution is -2.14. The van der Waals surface area contributed by atoms with Crippen molar-refractivity contribution < 1.29 is 22.4 Å². The minimum absolute atomic E-state index is 0.326. The second kappa shape index (κ2) is 3.65. The van der Waals surface area contributed by atoms with Gasteiger partial charge in [-0.05, 0) is 12.1 Å². The lowest BCUT2D eigenvalue weighted by molar-refractivity contribution is 0.0994. The minimum Gasteiger partial charge on any atom is -0.366 e. The molecular formula is C8H5F4NO. The van der Waals surface area contributed by atoms with Crippen molar-refractivity contribution in [3.8, 4) is 0 Å². The number of carbonyl (C=O) groups excluding carboxylic acids is 1. The van der Waals surface area contributed by atoms with E-state index in [1.807, 2.05) is 0 Å². The van der Waals surface area contributed by atoms with Gasteiger partial charge in [-0.25, -0.2) is 17.6 Å². The molecule has 0 saturated heterocycles. The Morgan fingerprint density at radius 2 is 1.86 bits per heavy atom. The summed E-state index contributed by atoms with van der Waals surface area (Å²) in [5.74, 6) is -4.32. The topological polar surface area (TPSA) is 43.1 Å². The molecule has 0 spiro atoms. The van der Waals surface area contributed by atoms with E-state index in [9.17, 15) is 22.4 Å². The summed E-state index contributed by atoms with van der Waals surface area (Å²) in [6.07, 6.45) is -2.98. The van der Waals surface area contributed by atoms with Crippen molar-refractivity contribution in [1.82, 2.24) is 0 Å². The summed E-state index contributed by atoms with van der Waals surface area (Å²) >= 11 is 0. The molecule has 0 aromatic heterocycles. The molecule has 1 amide bonds. The molecule has 1 aromatic rings. The Bertz CT molecular complexity index is 378. The van der Waals surface area contributed by atoms with Crippen LogP contribution < -0.4 is 5.73 Å². The van der Waals surface area contributed by atoms with Crippen molar-refractivity contribution in [2.45, 2.75) is 6.43 Å². The van der Waals surface area contributed by atoms with Crippen LogP contribution in [0.4, 0.5) is 17.6 Å². The zero-order chi connectivity index (χ0) is 10.9. The number of hydrogen-bond acceptors (Lipinski definition) is 1. The second-order valence-corrected chi connectivity index (χ2v) is 2.53. The first-order valence-corrected chi connectivity index (χ1v) is 3.50. The highest BCUT2D eigenvalue weighted by atomic mass is 19.3. The summed E-state index contributed by atoms with van der Waals surface area (Å²) in [6.45, 7) is 0. The third-order valence-electron chi connectivity index (χ3n) is 1.57. The SMILES string of the molecule is NC(=O)c1cc(C(F)F)cc(F)c1F. The number of alkyl halides is 2.